The summed E-state index contributed by atoms with van der Waals surface area (Å²) >= 11 is 0. The molecular weight excluding hydrogens is 210 g/mol. The van der Waals surface area contributed by atoms with Gasteiger partial charge >= 0.3 is 0 Å². The third-order valence-corrected chi connectivity index (χ3v) is 2.37. The quantitative estimate of drug-likeness (QED) is 0.453. The smallest absolute Gasteiger partial charge is 0.235 e. The maximum atomic E-state index is 11.5. The van der Waals surface area contributed by atoms with Gasteiger partial charge in [0.05, 0.1) is 19.1 Å². The molecule has 6 heteroatoms. The molecule has 0 bridgehead atoms. The van der Waals surface area contributed by atoms with Gasteiger partial charge in [-0.2, -0.15) is 0 Å². The van der Waals surface area contributed by atoms with Crippen LogP contribution in [0.3, 0.4) is 0 Å². The molecule has 0 aromatic heterocycles. The molecule has 0 aromatic carbocycles. The summed E-state index contributed by atoms with van der Waals surface area (Å²) in [6, 6.07) is -0.311. The summed E-state index contributed by atoms with van der Waals surface area (Å²) in [5, 5.41) is 5.70. The molecule has 1 aliphatic rings. The van der Waals surface area contributed by atoms with E-state index in [2.05, 4.69) is 10.6 Å². The van der Waals surface area contributed by atoms with Crippen LogP contribution in [0.5, 0.6) is 0 Å². The van der Waals surface area contributed by atoms with Crippen molar-refractivity contribution in [2.75, 3.05) is 20.3 Å². The fourth-order valence-corrected chi connectivity index (χ4v) is 1.31. The van der Waals surface area contributed by atoms with E-state index in [1.54, 1.807) is 7.11 Å². The number of carbonyl (C=O) groups is 2. The lowest BCUT2D eigenvalue weighted by Crippen LogP contribution is -2.46. The predicted octanol–water partition coefficient (Wildman–Crippen LogP) is -1.25. The average Bonchev–Trinajstić information content (AvgIpc) is 3.00. The summed E-state index contributed by atoms with van der Waals surface area (Å²) < 4.78 is 4.84. The summed E-state index contributed by atoms with van der Waals surface area (Å²) in [7, 11) is 1.57. The highest BCUT2D eigenvalue weighted by Gasteiger charge is 2.25. The van der Waals surface area contributed by atoms with Gasteiger partial charge in [-0.15, -0.1) is 0 Å². The van der Waals surface area contributed by atoms with E-state index >= 15 is 0 Å². The normalized spacial score (nSPS) is 16.8. The van der Waals surface area contributed by atoms with Crippen LogP contribution in [0.25, 0.3) is 0 Å². The van der Waals surface area contributed by atoms with Crippen LogP contribution >= 0.6 is 0 Å². The van der Waals surface area contributed by atoms with E-state index in [0.29, 0.717) is 19.2 Å². The average molecular weight is 229 g/mol. The molecule has 1 rings (SSSR count). The summed E-state index contributed by atoms with van der Waals surface area (Å²) in [4.78, 5) is 22.5. The first-order valence-corrected chi connectivity index (χ1v) is 5.44. The number of rotatable bonds is 8. The molecule has 0 spiro atoms. The zero-order valence-corrected chi connectivity index (χ0v) is 9.49. The lowest BCUT2D eigenvalue weighted by atomic mass is 10.2. The Balaban J connectivity index is 2.25. The number of carbonyl (C=O) groups excluding carboxylic acids is 2. The zero-order valence-electron chi connectivity index (χ0n) is 9.49. The Labute approximate surface area is 94.9 Å². The molecule has 0 radical (unpaired) electrons. The predicted molar refractivity (Wildman–Crippen MR) is 58.6 cm³/mol. The van der Waals surface area contributed by atoms with E-state index in [-0.39, 0.29) is 12.3 Å². The van der Waals surface area contributed by atoms with Crippen LogP contribution in [0.1, 0.15) is 19.3 Å². The number of hydrogen-bond acceptors (Lipinski definition) is 4. The number of methoxy groups -OCH3 is 1. The summed E-state index contributed by atoms with van der Waals surface area (Å²) in [6.45, 7) is 0.981. The molecule has 1 saturated carbocycles. The van der Waals surface area contributed by atoms with Gasteiger partial charge in [0, 0.05) is 19.7 Å². The number of nitrogens with two attached hydrogens (primary N) is 1. The number of hydrogen-bond donors (Lipinski definition) is 3. The van der Waals surface area contributed by atoms with Crippen molar-refractivity contribution in [1.82, 2.24) is 10.6 Å². The van der Waals surface area contributed by atoms with Gasteiger partial charge in [-0.25, -0.2) is 0 Å². The van der Waals surface area contributed by atoms with Crippen molar-refractivity contribution in [2.45, 2.75) is 31.3 Å². The molecule has 16 heavy (non-hydrogen) atoms. The Hall–Kier alpha value is -1.14. The molecule has 4 N–H and O–H groups in total. The van der Waals surface area contributed by atoms with Crippen molar-refractivity contribution < 1.29 is 14.3 Å². The fourth-order valence-electron chi connectivity index (χ4n) is 1.31. The highest BCUT2D eigenvalue weighted by Crippen LogP contribution is 2.18. The molecule has 92 valence electrons. The van der Waals surface area contributed by atoms with Crippen LogP contribution in [0, 0.1) is 0 Å². The molecule has 6 nitrogen and oxygen atoms in total. The van der Waals surface area contributed by atoms with Crippen molar-refractivity contribution in [3.8, 4) is 0 Å². The topological polar surface area (TPSA) is 93.4 Å². The summed E-state index contributed by atoms with van der Waals surface area (Å²) in [5.74, 6) is -0.640. The molecule has 2 amide bonds. The summed E-state index contributed by atoms with van der Waals surface area (Å²) in [6.07, 6.45) is 2.16. The first kappa shape index (κ1) is 12.9. The van der Waals surface area contributed by atoms with Crippen molar-refractivity contribution >= 4 is 11.8 Å². The Kier molecular flexibility index (Phi) is 5.21. The third-order valence-electron chi connectivity index (χ3n) is 2.37. The van der Waals surface area contributed by atoms with E-state index in [0.717, 1.165) is 12.8 Å². The number of primary amides is 1. The maximum Gasteiger partial charge on any atom is 0.235 e. The van der Waals surface area contributed by atoms with Crippen LogP contribution in [-0.4, -0.2) is 44.2 Å². The molecule has 1 unspecified atom stereocenters. The van der Waals surface area contributed by atoms with Gasteiger partial charge in [0.15, 0.2) is 0 Å². The largest absolute Gasteiger partial charge is 0.383 e. The molecular formula is C10H19N3O3. The molecule has 1 aliphatic carbocycles. The minimum Gasteiger partial charge on any atom is -0.383 e. The highest BCUT2D eigenvalue weighted by molar-refractivity contribution is 5.87. The number of ether oxygens (including phenoxy) is 1. The van der Waals surface area contributed by atoms with Crippen LogP contribution in [-0.2, 0) is 14.3 Å². The molecule has 1 atom stereocenters. The molecule has 0 heterocycles. The molecule has 1 fully saturated rings. The van der Waals surface area contributed by atoms with E-state index in [4.69, 9.17) is 10.5 Å². The van der Waals surface area contributed by atoms with Gasteiger partial charge in [-0.05, 0) is 12.8 Å². The fraction of sp³-hybridized carbons (Fsp3) is 0.800. The third kappa shape index (κ3) is 5.09. The Morgan fingerprint density at radius 2 is 2.19 bits per heavy atom. The molecule has 0 aliphatic heterocycles. The Morgan fingerprint density at radius 1 is 1.50 bits per heavy atom. The minimum atomic E-state index is -0.617. The lowest BCUT2D eigenvalue weighted by molar-refractivity contribution is -0.126. The van der Waals surface area contributed by atoms with Crippen molar-refractivity contribution in [2.24, 2.45) is 5.73 Å². The van der Waals surface area contributed by atoms with Gasteiger partial charge in [0.25, 0.3) is 0 Å². The van der Waals surface area contributed by atoms with Gasteiger partial charge in [-0.3, -0.25) is 9.59 Å². The highest BCUT2D eigenvalue weighted by atomic mass is 16.5. The second-order valence-corrected chi connectivity index (χ2v) is 3.95. The zero-order chi connectivity index (χ0) is 12.0. The van der Waals surface area contributed by atoms with E-state index < -0.39 is 11.9 Å². The second kappa shape index (κ2) is 6.44. The SMILES string of the molecule is COCCNC(CC(=O)NC1CC1)C(N)=O. The molecule has 0 saturated heterocycles. The second-order valence-electron chi connectivity index (χ2n) is 3.95. The van der Waals surface area contributed by atoms with Crippen molar-refractivity contribution in [1.29, 1.82) is 0 Å². The van der Waals surface area contributed by atoms with Crippen LogP contribution < -0.4 is 16.4 Å². The van der Waals surface area contributed by atoms with Gasteiger partial charge in [-0.1, -0.05) is 0 Å². The lowest BCUT2D eigenvalue weighted by Gasteiger charge is -2.14. The summed E-state index contributed by atoms with van der Waals surface area (Å²) in [5.41, 5.74) is 5.19. The van der Waals surface area contributed by atoms with Crippen LogP contribution in [0.2, 0.25) is 0 Å². The van der Waals surface area contributed by atoms with Crippen molar-refractivity contribution in [3.05, 3.63) is 0 Å². The van der Waals surface area contributed by atoms with Crippen LogP contribution in [0.15, 0.2) is 0 Å². The van der Waals surface area contributed by atoms with E-state index in [1.165, 1.54) is 0 Å². The maximum absolute atomic E-state index is 11.5. The van der Waals surface area contributed by atoms with Gasteiger partial charge < -0.3 is 21.1 Å². The standard InChI is InChI=1S/C10H19N3O3/c1-16-5-4-12-8(10(11)15)6-9(14)13-7-2-3-7/h7-8,12H,2-6H2,1H3,(H2,11,15)(H,13,14). The monoisotopic (exact) mass is 229 g/mol. The van der Waals surface area contributed by atoms with E-state index in [1.807, 2.05) is 0 Å². The first-order valence-electron chi connectivity index (χ1n) is 5.44. The number of amides is 2. The molecule has 0 aromatic rings. The van der Waals surface area contributed by atoms with Crippen molar-refractivity contribution in [3.63, 3.8) is 0 Å². The Morgan fingerprint density at radius 3 is 2.69 bits per heavy atom. The Bertz CT molecular complexity index is 254. The van der Waals surface area contributed by atoms with E-state index in [9.17, 15) is 9.59 Å². The van der Waals surface area contributed by atoms with Crippen LogP contribution in [0.4, 0.5) is 0 Å². The first-order chi connectivity index (χ1) is 7.63. The number of nitrogens with one attached hydrogen (secondary N) is 2. The minimum absolute atomic E-state index is 0.0928. The van der Waals surface area contributed by atoms with Gasteiger partial charge in [0.1, 0.15) is 0 Å². The van der Waals surface area contributed by atoms with Gasteiger partial charge in [0.2, 0.25) is 11.8 Å².